The van der Waals surface area contributed by atoms with Crippen molar-refractivity contribution in [3.63, 3.8) is 0 Å². The molecule has 21 heavy (non-hydrogen) atoms. The van der Waals surface area contributed by atoms with E-state index in [2.05, 4.69) is 5.32 Å². The van der Waals surface area contributed by atoms with E-state index in [1.165, 1.54) is 10.6 Å². The van der Waals surface area contributed by atoms with Crippen molar-refractivity contribution in [2.45, 2.75) is 6.54 Å². The van der Waals surface area contributed by atoms with Gasteiger partial charge in [0.2, 0.25) is 11.8 Å². The second-order valence-corrected chi connectivity index (χ2v) is 5.00. The lowest BCUT2D eigenvalue weighted by Gasteiger charge is -2.34. The van der Waals surface area contributed by atoms with Crippen LogP contribution in [0.25, 0.3) is 0 Å². The van der Waals surface area contributed by atoms with Crippen LogP contribution in [0.4, 0.5) is 0 Å². The van der Waals surface area contributed by atoms with E-state index >= 15 is 0 Å². The van der Waals surface area contributed by atoms with Crippen molar-refractivity contribution in [3.8, 4) is 0 Å². The van der Waals surface area contributed by atoms with Gasteiger partial charge in [-0.25, -0.2) is 0 Å². The maximum Gasteiger partial charge on any atom is 0.250 e. The van der Waals surface area contributed by atoms with Crippen LogP contribution in [0.15, 0.2) is 29.2 Å². The van der Waals surface area contributed by atoms with Gasteiger partial charge in [0.05, 0.1) is 6.54 Å². The van der Waals surface area contributed by atoms with Gasteiger partial charge < -0.3 is 14.8 Å². The minimum absolute atomic E-state index is 0.0226. The molecule has 1 aromatic rings. The number of aromatic nitrogens is 1. The fourth-order valence-corrected chi connectivity index (χ4v) is 2.27. The Balaban J connectivity index is 1.85. The summed E-state index contributed by atoms with van der Waals surface area (Å²) >= 11 is 0. The molecule has 0 atom stereocenters. The lowest BCUT2D eigenvalue weighted by Crippen LogP contribution is -2.51. The SMILES string of the molecule is CNC(=O)CN1CCN(C(=O)Cn2ccccc2=O)CC1. The van der Waals surface area contributed by atoms with E-state index in [1.54, 1.807) is 30.3 Å². The fraction of sp³-hybridized carbons (Fsp3) is 0.500. The quantitative estimate of drug-likeness (QED) is 0.751. The number of hydrogen-bond acceptors (Lipinski definition) is 4. The van der Waals surface area contributed by atoms with Crippen molar-refractivity contribution in [1.29, 1.82) is 0 Å². The maximum absolute atomic E-state index is 12.2. The lowest BCUT2D eigenvalue weighted by atomic mass is 10.3. The summed E-state index contributed by atoms with van der Waals surface area (Å²) in [5, 5.41) is 2.59. The number of carbonyl (C=O) groups excluding carboxylic acids is 2. The third-order valence-corrected chi connectivity index (χ3v) is 3.58. The Bertz CT molecular complexity index is 561. The lowest BCUT2D eigenvalue weighted by molar-refractivity contribution is -0.133. The molecule has 0 bridgehead atoms. The van der Waals surface area contributed by atoms with Crippen molar-refractivity contribution in [3.05, 3.63) is 34.7 Å². The largest absolute Gasteiger partial charge is 0.358 e. The molecular weight excluding hydrogens is 272 g/mol. The van der Waals surface area contributed by atoms with Crippen molar-refractivity contribution in [1.82, 2.24) is 19.7 Å². The highest BCUT2D eigenvalue weighted by molar-refractivity contribution is 5.78. The molecule has 1 N–H and O–H groups in total. The highest BCUT2D eigenvalue weighted by atomic mass is 16.2. The van der Waals surface area contributed by atoms with Crippen LogP contribution in [0.3, 0.4) is 0 Å². The Kier molecular flexibility index (Phi) is 5.10. The second kappa shape index (κ2) is 7.03. The van der Waals surface area contributed by atoms with Gasteiger partial charge in [-0.3, -0.25) is 19.3 Å². The zero-order valence-corrected chi connectivity index (χ0v) is 12.1. The molecule has 1 aliphatic rings. The van der Waals surface area contributed by atoms with Gasteiger partial charge in [-0.1, -0.05) is 6.07 Å². The first-order valence-electron chi connectivity index (χ1n) is 6.96. The highest BCUT2D eigenvalue weighted by Crippen LogP contribution is 2.02. The molecule has 2 amide bonds. The van der Waals surface area contributed by atoms with E-state index in [0.29, 0.717) is 32.7 Å². The predicted octanol–water partition coefficient (Wildman–Crippen LogP) is -1.26. The number of nitrogens with zero attached hydrogens (tertiary/aromatic N) is 3. The van der Waals surface area contributed by atoms with Crippen LogP contribution >= 0.6 is 0 Å². The number of carbonyl (C=O) groups is 2. The summed E-state index contributed by atoms with van der Waals surface area (Å²) in [5.41, 5.74) is -0.177. The molecule has 0 aliphatic carbocycles. The van der Waals surface area contributed by atoms with Gasteiger partial charge >= 0.3 is 0 Å². The molecule has 2 rings (SSSR count). The van der Waals surface area contributed by atoms with Crippen LogP contribution in [-0.2, 0) is 16.1 Å². The average Bonchev–Trinajstić information content (AvgIpc) is 2.50. The van der Waals surface area contributed by atoms with E-state index in [1.807, 2.05) is 4.90 Å². The van der Waals surface area contributed by atoms with Gasteiger partial charge in [0, 0.05) is 45.5 Å². The summed E-state index contributed by atoms with van der Waals surface area (Å²) in [6.07, 6.45) is 1.61. The van der Waals surface area contributed by atoms with Crippen LogP contribution < -0.4 is 10.9 Å². The number of pyridine rings is 1. The van der Waals surface area contributed by atoms with E-state index < -0.39 is 0 Å². The van der Waals surface area contributed by atoms with Crippen molar-refractivity contribution >= 4 is 11.8 Å². The molecule has 1 aliphatic heterocycles. The van der Waals surface area contributed by atoms with Crippen LogP contribution in [0.1, 0.15) is 0 Å². The Hall–Kier alpha value is -2.15. The van der Waals surface area contributed by atoms with E-state index in [4.69, 9.17) is 0 Å². The van der Waals surface area contributed by atoms with Gasteiger partial charge in [-0.2, -0.15) is 0 Å². The molecule has 0 unspecified atom stereocenters. The van der Waals surface area contributed by atoms with Crippen molar-refractivity contribution < 1.29 is 9.59 Å². The summed E-state index contributed by atoms with van der Waals surface area (Å²) in [5.74, 6) is -0.0893. The van der Waals surface area contributed by atoms with Crippen LogP contribution in [0.5, 0.6) is 0 Å². The molecule has 2 heterocycles. The standard InChI is InChI=1S/C14H20N4O3/c1-15-12(19)10-16-6-8-17(9-7-16)14(21)11-18-5-3-2-4-13(18)20/h2-5H,6-11H2,1H3,(H,15,19). The number of piperazine rings is 1. The van der Waals surface area contributed by atoms with E-state index in [0.717, 1.165) is 0 Å². The molecule has 1 saturated heterocycles. The number of nitrogens with one attached hydrogen (secondary N) is 1. The molecule has 1 fully saturated rings. The first-order chi connectivity index (χ1) is 10.1. The molecular formula is C14H20N4O3. The summed E-state index contributed by atoms with van der Waals surface area (Å²) in [6.45, 7) is 2.92. The first kappa shape index (κ1) is 15.2. The Morgan fingerprint density at radius 2 is 1.86 bits per heavy atom. The molecule has 0 radical (unpaired) electrons. The Morgan fingerprint density at radius 1 is 1.14 bits per heavy atom. The smallest absolute Gasteiger partial charge is 0.250 e. The molecule has 0 saturated carbocycles. The van der Waals surface area contributed by atoms with Crippen LogP contribution in [0, 0.1) is 0 Å². The first-order valence-corrected chi connectivity index (χ1v) is 6.96. The van der Waals surface area contributed by atoms with Gasteiger partial charge in [0.25, 0.3) is 5.56 Å². The maximum atomic E-state index is 12.2. The van der Waals surface area contributed by atoms with Crippen molar-refractivity contribution in [2.24, 2.45) is 0 Å². The predicted molar refractivity (Wildman–Crippen MR) is 77.8 cm³/mol. The monoisotopic (exact) mass is 292 g/mol. The van der Waals surface area contributed by atoms with Gasteiger partial charge in [-0.05, 0) is 6.07 Å². The topological polar surface area (TPSA) is 74.7 Å². The molecule has 0 aromatic carbocycles. The fourth-order valence-electron chi connectivity index (χ4n) is 2.27. The van der Waals surface area contributed by atoms with Gasteiger partial charge in [-0.15, -0.1) is 0 Å². The zero-order chi connectivity index (χ0) is 15.2. The highest BCUT2D eigenvalue weighted by Gasteiger charge is 2.22. The summed E-state index contributed by atoms with van der Waals surface area (Å²) < 4.78 is 1.40. The summed E-state index contributed by atoms with van der Waals surface area (Å²) in [6, 6.07) is 4.82. The van der Waals surface area contributed by atoms with E-state index in [9.17, 15) is 14.4 Å². The molecule has 1 aromatic heterocycles. The zero-order valence-electron chi connectivity index (χ0n) is 12.1. The Labute approximate surface area is 123 Å². The summed E-state index contributed by atoms with van der Waals surface area (Å²) in [7, 11) is 1.61. The number of likely N-dealkylation sites (N-methyl/N-ethyl adjacent to an activating group) is 1. The molecule has 7 heteroatoms. The molecule has 0 spiro atoms. The van der Waals surface area contributed by atoms with Crippen LogP contribution in [0.2, 0.25) is 0 Å². The molecule has 114 valence electrons. The van der Waals surface area contributed by atoms with Gasteiger partial charge in [0.1, 0.15) is 6.54 Å². The second-order valence-electron chi connectivity index (χ2n) is 5.00. The van der Waals surface area contributed by atoms with E-state index in [-0.39, 0.29) is 23.9 Å². The summed E-state index contributed by atoms with van der Waals surface area (Å²) in [4.78, 5) is 38.8. The normalized spacial score (nSPS) is 15.8. The minimum Gasteiger partial charge on any atom is -0.358 e. The molecule has 7 nitrogen and oxygen atoms in total. The Morgan fingerprint density at radius 3 is 2.48 bits per heavy atom. The number of amides is 2. The third-order valence-electron chi connectivity index (χ3n) is 3.58. The van der Waals surface area contributed by atoms with Gasteiger partial charge in [0.15, 0.2) is 0 Å². The third kappa shape index (κ3) is 4.16. The van der Waals surface area contributed by atoms with Crippen LogP contribution in [-0.4, -0.2) is 66.0 Å². The van der Waals surface area contributed by atoms with Crippen molar-refractivity contribution in [2.75, 3.05) is 39.8 Å². The minimum atomic E-state index is -0.177. The average molecular weight is 292 g/mol. The number of hydrogen-bond donors (Lipinski definition) is 1. The number of rotatable bonds is 4.